The molecule has 4 heterocycles. The second kappa shape index (κ2) is 9.14. The number of oxime groups is 1. The third kappa shape index (κ3) is 4.05. The fourth-order valence-corrected chi connectivity index (χ4v) is 5.90. The van der Waals surface area contributed by atoms with E-state index >= 15 is 0 Å². The van der Waals surface area contributed by atoms with Crippen molar-refractivity contribution >= 4 is 33.9 Å². The van der Waals surface area contributed by atoms with Crippen molar-refractivity contribution in [1.82, 2.24) is 19.9 Å². The molecule has 2 aromatic rings. The maximum absolute atomic E-state index is 12.8. The van der Waals surface area contributed by atoms with E-state index in [4.69, 9.17) is 21.2 Å². The van der Waals surface area contributed by atoms with Gasteiger partial charge < -0.3 is 15.1 Å². The average molecular weight is 478 g/mol. The second-order valence-corrected chi connectivity index (χ2v) is 10.2. The number of aryl methyl sites for hydroxylation is 1. The Bertz CT molecular complexity index is 1230. The molecule has 1 saturated carbocycles. The number of terminal acetylenes is 1. The molecule has 1 atom stereocenters. The van der Waals surface area contributed by atoms with Gasteiger partial charge in [0.2, 0.25) is 5.95 Å². The summed E-state index contributed by atoms with van der Waals surface area (Å²) in [4.78, 5) is 26.4. The molecule has 0 amide bonds. The van der Waals surface area contributed by atoms with E-state index in [2.05, 4.69) is 37.3 Å². The molecule has 2 aliphatic heterocycles. The molecule has 0 aromatic carbocycles. The normalized spacial score (nSPS) is 21.2. The van der Waals surface area contributed by atoms with Crippen molar-refractivity contribution in [3.8, 4) is 12.3 Å². The standard InChI is InChI=1S/C24H27N7O2S/c1-4-17-14-25-21(26-15-17)18-6-11-31(12-7-18)23-27-19-8-13-34(32)20(19)22(28-23)29-24(9-5-10-24)16(2)30-33-3/h1,6,14-15H,5,7-13H2,2-3H3,(H,27,28,29)/b30-16+/t34-/m0/s1. The predicted octanol–water partition coefficient (Wildman–Crippen LogP) is 2.56. The number of aromatic nitrogens is 4. The van der Waals surface area contributed by atoms with Crippen LogP contribution >= 0.6 is 0 Å². The van der Waals surface area contributed by atoms with Crippen LogP contribution in [0.15, 0.2) is 28.5 Å². The summed E-state index contributed by atoms with van der Waals surface area (Å²) in [5.74, 6) is 5.12. The monoisotopic (exact) mass is 477 g/mol. The van der Waals surface area contributed by atoms with Crippen LogP contribution in [0.1, 0.15) is 49.7 Å². The van der Waals surface area contributed by atoms with Crippen LogP contribution in [0.2, 0.25) is 0 Å². The molecule has 0 unspecified atom stereocenters. The minimum atomic E-state index is -1.11. The van der Waals surface area contributed by atoms with E-state index in [9.17, 15) is 4.21 Å². The van der Waals surface area contributed by atoms with Crippen LogP contribution in [0.3, 0.4) is 0 Å². The lowest BCUT2D eigenvalue weighted by Crippen LogP contribution is -2.51. The molecule has 176 valence electrons. The summed E-state index contributed by atoms with van der Waals surface area (Å²) in [5, 5.41) is 7.78. The first kappa shape index (κ1) is 22.5. The van der Waals surface area contributed by atoms with Crippen LogP contribution in [0, 0.1) is 12.3 Å². The van der Waals surface area contributed by atoms with Gasteiger partial charge in [0.05, 0.1) is 33.3 Å². The minimum absolute atomic E-state index is 0.320. The maximum atomic E-state index is 12.8. The van der Waals surface area contributed by atoms with Crippen molar-refractivity contribution in [2.24, 2.45) is 5.16 Å². The minimum Gasteiger partial charge on any atom is -0.399 e. The van der Waals surface area contributed by atoms with Gasteiger partial charge in [-0.3, -0.25) is 4.21 Å². The lowest BCUT2D eigenvalue weighted by atomic mass is 9.73. The Morgan fingerprint density at radius 3 is 2.71 bits per heavy atom. The molecule has 1 aliphatic carbocycles. The lowest BCUT2D eigenvalue weighted by Gasteiger charge is -2.42. The highest BCUT2D eigenvalue weighted by Gasteiger charge is 2.42. The van der Waals surface area contributed by atoms with E-state index < -0.39 is 10.8 Å². The number of nitrogens with one attached hydrogen (secondary N) is 1. The van der Waals surface area contributed by atoms with Crippen LogP contribution < -0.4 is 10.2 Å². The van der Waals surface area contributed by atoms with Crippen molar-refractivity contribution in [3.05, 3.63) is 35.6 Å². The van der Waals surface area contributed by atoms with Gasteiger partial charge >= 0.3 is 0 Å². The van der Waals surface area contributed by atoms with Gasteiger partial charge in [-0.15, -0.1) is 6.42 Å². The SMILES string of the molecule is C#Cc1cnc(C2=CCN(c3nc4c(c(NC5(/C(C)=N/OC)CCC5)n3)[S@@](=O)CC4)CC2)nc1. The van der Waals surface area contributed by atoms with Crippen molar-refractivity contribution in [3.63, 3.8) is 0 Å². The fraction of sp³-hybridized carbons (Fsp3) is 0.458. The molecule has 10 heteroatoms. The number of hydrogen-bond donors (Lipinski definition) is 1. The van der Waals surface area contributed by atoms with E-state index in [-0.39, 0.29) is 5.54 Å². The molecular weight excluding hydrogens is 450 g/mol. The van der Waals surface area contributed by atoms with Crippen molar-refractivity contribution in [2.45, 2.75) is 49.5 Å². The zero-order valence-electron chi connectivity index (χ0n) is 19.4. The maximum Gasteiger partial charge on any atom is 0.227 e. The highest BCUT2D eigenvalue weighted by Crippen LogP contribution is 2.40. The third-order valence-corrected chi connectivity index (χ3v) is 8.22. The van der Waals surface area contributed by atoms with Crippen LogP contribution in [0.4, 0.5) is 11.8 Å². The molecule has 0 radical (unpaired) electrons. The summed E-state index contributed by atoms with van der Waals surface area (Å²) in [5.41, 5.74) is 3.17. The summed E-state index contributed by atoms with van der Waals surface area (Å²) in [7, 11) is 0.448. The quantitative estimate of drug-likeness (QED) is 0.384. The highest BCUT2D eigenvalue weighted by atomic mass is 32.2. The third-order valence-electron chi connectivity index (χ3n) is 6.76. The Labute approximate surface area is 201 Å². The number of rotatable bonds is 6. The first-order chi connectivity index (χ1) is 16.5. The first-order valence-electron chi connectivity index (χ1n) is 11.4. The number of hydrogen-bond acceptors (Lipinski definition) is 9. The molecule has 5 rings (SSSR count). The second-order valence-electron chi connectivity index (χ2n) is 8.73. The van der Waals surface area contributed by atoms with Gasteiger partial charge in [0.15, 0.2) is 5.82 Å². The summed E-state index contributed by atoms with van der Waals surface area (Å²) in [6.07, 6.45) is 15.3. The van der Waals surface area contributed by atoms with E-state index in [1.54, 1.807) is 19.5 Å². The van der Waals surface area contributed by atoms with Crippen molar-refractivity contribution in [2.75, 3.05) is 36.2 Å². The zero-order chi connectivity index (χ0) is 23.7. The Morgan fingerprint density at radius 1 is 1.29 bits per heavy atom. The molecule has 34 heavy (non-hydrogen) atoms. The molecule has 0 spiro atoms. The molecule has 3 aliphatic rings. The zero-order valence-corrected chi connectivity index (χ0v) is 20.2. The Hall–Kier alpha value is -3.32. The molecule has 0 saturated heterocycles. The van der Waals surface area contributed by atoms with E-state index in [0.717, 1.165) is 54.1 Å². The molecule has 1 fully saturated rings. The van der Waals surface area contributed by atoms with Gasteiger partial charge in [0.1, 0.15) is 17.8 Å². The van der Waals surface area contributed by atoms with Gasteiger partial charge in [0.25, 0.3) is 0 Å². The van der Waals surface area contributed by atoms with Gasteiger partial charge in [-0.1, -0.05) is 17.2 Å². The van der Waals surface area contributed by atoms with Crippen LogP contribution in [0.25, 0.3) is 5.57 Å². The molecular formula is C24H27N7O2S. The fourth-order valence-electron chi connectivity index (χ4n) is 4.59. The van der Waals surface area contributed by atoms with E-state index in [0.29, 0.717) is 41.9 Å². The molecule has 1 N–H and O–H groups in total. The predicted molar refractivity (Wildman–Crippen MR) is 132 cm³/mol. The number of anilines is 2. The summed E-state index contributed by atoms with van der Waals surface area (Å²) >= 11 is 0. The number of nitrogens with zero attached hydrogens (tertiary/aromatic N) is 6. The van der Waals surface area contributed by atoms with Gasteiger partial charge in [-0.25, -0.2) is 15.0 Å². The Balaban J connectivity index is 1.42. The molecule has 2 aromatic heterocycles. The van der Waals surface area contributed by atoms with Crippen LogP contribution in [-0.2, 0) is 22.1 Å². The number of fused-ring (bicyclic) bond motifs is 1. The topological polar surface area (TPSA) is 105 Å². The van der Waals surface area contributed by atoms with E-state index in [1.165, 1.54) is 0 Å². The summed E-state index contributed by atoms with van der Waals surface area (Å²) < 4.78 is 12.8. The summed E-state index contributed by atoms with van der Waals surface area (Å²) in [6, 6.07) is 0. The molecule has 0 bridgehead atoms. The van der Waals surface area contributed by atoms with E-state index in [1.807, 2.05) is 6.92 Å². The largest absolute Gasteiger partial charge is 0.399 e. The van der Waals surface area contributed by atoms with Crippen LogP contribution in [0.5, 0.6) is 0 Å². The van der Waals surface area contributed by atoms with Crippen molar-refractivity contribution < 1.29 is 9.05 Å². The van der Waals surface area contributed by atoms with Crippen LogP contribution in [-0.4, -0.2) is 61.3 Å². The molecule has 9 nitrogen and oxygen atoms in total. The van der Waals surface area contributed by atoms with Crippen molar-refractivity contribution in [1.29, 1.82) is 0 Å². The average Bonchev–Trinajstić information content (AvgIpc) is 3.22. The summed E-state index contributed by atoms with van der Waals surface area (Å²) in [6.45, 7) is 3.35. The highest BCUT2D eigenvalue weighted by molar-refractivity contribution is 7.85. The smallest absolute Gasteiger partial charge is 0.227 e. The Kier molecular flexibility index (Phi) is 6.04. The Morgan fingerprint density at radius 2 is 2.09 bits per heavy atom. The van der Waals surface area contributed by atoms with Gasteiger partial charge in [-0.2, -0.15) is 4.98 Å². The first-order valence-corrected chi connectivity index (χ1v) is 12.7. The van der Waals surface area contributed by atoms with Gasteiger partial charge in [-0.05, 0) is 38.2 Å². The van der Waals surface area contributed by atoms with Gasteiger partial charge in [0, 0.05) is 37.7 Å². The lowest BCUT2D eigenvalue weighted by molar-refractivity contribution is 0.206.